The zero-order valence-corrected chi connectivity index (χ0v) is 6.09. The van der Waals surface area contributed by atoms with Crippen LogP contribution in [0, 0.1) is 0 Å². The summed E-state index contributed by atoms with van der Waals surface area (Å²) >= 11 is 0. The van der Waals surface area contributed by atoms with Gasteiger partial charge in [0.15, 0.2) is 0 Å². The smallest absolute Gasteiger partial charge is 0.366 e. The Morgan fingerprint density at radius 1 is 1.88 bits per heavy atom. The number of hydrogen-bond acceptors (Lipinski definition) is 3. The molecular weight excluding hydrogens is 124 g/mol. The molecule has 8 heavy (non-hydrogen) atoms. The molecule has 46 valence electrons. The maximum Gasteiger partial charge on any atom is 0.366 e. The molecule has 1 N–H and O–H groups in total. The van der Waals surface area contributed by atoms with E-state index in [0.717, 1.165) is 0 Å². The first-order valence-electron chi connectivity index (χ1n) is 2.12. The number of hydrogen-bond donors (Lipinski definition) is 1. The van der Waals surface area contributed by atoms with Gasteiger partial charge in [0.2, 0.25) is 0 Å². The van der Waals surface area contributed by atoms with Gasteiger partial charge >= 0.3 is 16.0 Å². The molecule has 0 fully saturated rings. The first-order chi connectivity index (χ1) is 3.68. The molecule has 0 aliphatic heterocycles. The van der Waals surface area contributed by atoms with Gasteiger partial charge in [0.25, 0.3) is 0 Å². The van der Waals surface area contributed by atoms with Crippen LogP contribution in [0.4, 0.5) is 0 Å². The van der Waals surface area contributed by atoms with Crippen molar-refractivity contribution in [1.29, 1.82) is 0 Å². The van der Waals surface area contributed by atoms with Crippen molar-refractivity contribution < 1.29 is 14.0 Å². The molecule has 0 aromatic carbocycles. The lowest BCUT2D eigenvalue weighted by atomic mass is 10.4. The highest BCUT2D eigenvalue weighted by Crippen LogP contribution is 1.88. The Kier molecular flexibility index (Phi) is 3.14. The van der Waals surface area contributed by atoms with Gasteiger partial charge in [-0.15, -0.1) is 0 Å². The lowest BCUT2D eigenvalue weighted by Crippen LogP contribution is -2.07. The summed E-state index contributed by atoms with van der Waals surface area (Å²) in [6, 6.07) is 0. The summed E-state index contributed by atoms with van der Waals surface area (Å²) in [7, 11) is -1.59. The number of carbonyl (C=O) groups is 1. The molecule has 4 heteroatoms. The Hall–Kier alpha value is -0.613. The van der Waals surface area contributed by atoms with Gasteiger partial charge < -0.3 is 9.22 Å². The fraction of sp³-hybridized carbons (Fsp3) is 0.250. The SMILES string of the molecule is C=C(C)C(=O)O[SiH2]O. The summed E-state index contributed by atoms with van der Waals surface area (Å²) < 4.78 is 4.26. The molecular formula is C4H8O3Si. The summed E-state index contributed by atoms with van der Waals surface area (Å²) in [6.07, 6.45) is 0. The summed E-state index contributed by atoms with van der Waals surface area (Å²) in [5.41, 5.74) is 0.326. The minimum absolute atomic E-state index is 0.326. The standard InChI is InChI=1S/C4H8O3Si/c1-3(2)4(5)7-8-6/h6H,1,8H2,2H3. The molecule has 0 aromatic heterocycles. The van der Waals surface area contributed by atoms with Crippen LogP contribution in [0.1, 0.15) is 6.92 Å². The minimum Gasteiger partial charge on any atom is -0.496 e. The van der Waals surface area contributed by atoms with Gasteiger partial charge in [-0.1, -0.05) is 6.58 Å². The lowest BCUT2D eigenvalue weighted by molar-refractivity contribution is -0.130. The van der Waals surface area contributed by atoms with Gasteiger partial charge in [-0.3, -0.25) is 0 Å². The third-order valence-corrected chi connectivity index (χ3v) is 0.935. The predicted molar refractivity (Wildman–Crippen MR) is 31.7 cm³/mol. The van der Waals surface area contributed by atoms with Crippen molar-refractivity contribution in [3.63, 3.8) is 0 Å². The topological polar surface area (TPSA) is 46.5 Å². The van der Waals surface area contributed by atoms with Crippen molar-refractivity contribution in [2.75, 3.05) is 0 Å². The molecule has 0 atom stereocenters. The number of carbonyl (C=O) groups excluding carboxylic acids is 1. The van der Waals surface area contributed by atoms with E-state index in [4.69, 9.17) is 4.80 Å². The summed E-state index contributed by atoms with van der Waals surface area (Å²) in [4.78, 5) is 18.4. The van der Waals surface area contributed by atoms with Gasteiger partial charge in [0.1, 0.15) is 0 Å². The molecule has 0 unspecified atom stereocenters. The fourth-order valence-corrected chi connectivity index (χ4v) is 0.545. The maximum atomic E-state index is 10.3. The summed E-state index contributed by atoms with van der Waals surface area (Å²) in [5, 5.41) is 0. The molecule has 0 amide bonds. The van der Waals surface area contributed by atoms with Crippen molar-refractivity contribution in [3.8, 4) is 0 Å². The zero-order chi connectivity index (χ0) is 6.57. The van der Waals surface area contributed by atoms with Gasteiger partial charge in [0, 0.05) is 5.57 Å². The van der Waals surface area contributed by atoms with E-state index in [9.17, 15) is 4.79 Å². The van der Waals surface area contributed by atoms with Gasteiger partial charge in [0.05, 0.1) is 0 Å². The van der Waals surface area contributed by atoms with E-state index in [0.29, 0.717) is 5.57 Å². The fourth-order valence-electron chi connectivity index (χ4n) is 0.182. The zero-order valence-electron chi connectivity index (χ0n) is 4.68. The Morgan fingerprint density at radius 3 is 2.50 bits per heavy atom. The Labute approximate surface area is 50.0 Å². The summed E-state index contributed by atoms with van der Waals surface area (Å²) in [6.45, 7) is 4.84. The Bertz CT molecular complexity index is 110. The first kappa shape index (κ1) is 7.39. The molecule has 0 aliphatic carbocycles. The molecule has 0 heterocycles. The third kappa shape index (κ3) is 2.54. The van der Waals surface area contributed by atoms with E-state index < -0.39 is 16.0 Å². The molecule has 3 nitrogen and oxygen atoms in total. The van der Waals surface area contributed by atoms with Crippen molar-refractivity contribution >= 4 is 16.0 Å². The lowest BCUT2D eigenvalue weighted by Gasteiger charge is -1.96. The van der Waals surface area contributed by atoms with Crippen LogP contribution < -0.4 is 0 Å². The highest BCUT2D eigenvalue weighted by atomic mass is 28.2. The Balaban J connectivity index is 3.49. The molecule has 0 spiro atoms. The van der Waals surface area contributed by atoms with E-state index in [1.807, 2.05) is 0 Å². The third-order valence-electron chi connectivity index (χ3n) is 0.544. The van der Waals surface area contributed by atoms with Crippen LogP contribution in [-0.2, 0) is 9.22 Å². The number of rotatable bonds is 2. The highest BCUT2D eigenvalue weighted by Gasteiger charge is 1.98. The van der Waals surface area contributed by atoms with E-state index in [2.05, 4.69) is 11.0 Å². The van der Waals surface area contributed by atoms with Crippen molar-refractivity contribution in [2.45, 2.75) is 6.92 Å². The highest BCUT2D eigenvalue weighted by molar-refractivity contribution is 6.21. The van der Waals surface area contributed by atoms with Crippen molar-refractivity contribution in [3.05, 3.63) is 12.2 Å². The Morgan fingerprint density at radius 2 is 2.38 bits per heavy atom. The molecule has 0 aliphatic rings. The first-order valence-corrected chi connectivity index (χ1v) is 3.33. The van der Waals surface area contributed by atoms with Gasteiger partial charge in [-0.2, -0.15) is 0 Å². The second-order valence-electron chi connectivity index (χ2n) is 1.34. The maximum absolute atomic E-state index is 10.3. The van der Waals surface area contributed by atoms with E-state index in [-0.39, 0.29) is 0 Å². The van der Waals surface area contributed by atoms with Crippen LogP contribution in [0.2, 0.25) is 0 Å². The van der Waals surface area contributed by atoms with Crippen molar-refractivity contribution in [1.82, 2.24) is 0 Å². The molecule has 0 bridgehead atoms. The van der Waals surface area contributed by atoms with E-state index in [1.54, 1.807) is 0 Å². The molecule has 0 saturated carbocycles. The summed E-state index contributed by atoms with van der Waals surface area (Å²) in [5.74, 6) is -0.501. The predicted octanol–water partition coefficient (Wildman–Crippen LogP) is -0.903. The van der Waals surface area contributed by atoms with Crippen molar-refractivity contribution in [2.24, 2.45) is 0 Å². The normalized spacial score (nSPS) is 9.75. The minimum atomic E-state index is -1.59. The van der Waals surface area contributed by atoms with Crippen LogP contribution in [0.25, 0.3) is 0 Å². The van der Waals surface area contributed by atoms with Crippen LogP contribution >= 0.6 is 0 Å². The monoisotopic (exact) mass is 132 g/mol. The average Bonchev–Trinajstić information content (AvgIpc) is 1.67. The second-order valence-corrected chi connectivity index (χ2v) is 1.89. The van der Waals surface area contributed by atoms with Gasteiger partial charge in [-0.05, 0) is 6.92 Å². The van der Waals surface area contributed by atoms with Gasteiger partial charge in [-0.25, -0.2) is 4.79 Å². The average molecular weight is 132 g/mol. The van der Waals surface area contributed by atoms with Crippen LogP contribution in [0.15, 0.2) is 12.2 Å². The van der Waals surface area contributed by atoms with Crippen LogP contribution in [0.3, 0.4) is 0 Å². The van der Waals surface area contributed by atoms with E-state index >= 15 is 0 Å². The quantitative estimate of drug-likeness (QED) is 0.391. The largest absolute Gasteiger partial charge is 0.496 e. The molecule has 0 saturated heterocycles. The molecule has 0 radical (unpaired) electrons. The van der Waals surface area contributed by atoms with Crippen LogP contribution in [-0.4, -0.2) is 20.8 Å². The molecule has 0 rings (SSSR count). The van der Waals surface area contributed by atoms with E-state index in [1.165, 1.54) is 6.92 Å². The second kappa shape index (κ2) is 3.40. The molecule has 0 aromatic rings. The van der Waals surface area contributed by atoms with Crippen LogP contribution in [0.5, 0.6) is 0 Å².